The molecule has 334 valence electrons. The molecule has 0 radical (unpaired) electrons. The van der Waals surface area contributed by atoms with E-state index in [1.807, 2.05) is 17.5 Å². The molecule has 2 saturated heterocycles. The molecule has 4 saturated carbocycles. The standard InChI is InChI=1S/C45H67N9O6S/c55-41-28-60-34-19-15-31(16-20-34)25-37(42(56)46-27-40-51-53-54-52-40)48-44(58)38(24-29-8-3-1-4-9-29)50-45(59)39(49-43(57)36(47-41)22-21-35-12-7-23-61-35)26-30-13-17-33(18-14-30)32-10-5-2-6-11-32/h7,12,23,29-34,36-39,53-54H,1-6,8-11,13-20,24-28H2,(H,46,56)(H,47,55)(H,48,58)(H,49,57)(H,50,59)(H,51,52). The number of hydrogen-bond acceptors (Lipinski definition) is 11. The zero-order valence-electron chi connectivity index (χ0n) is 35.6. The number of carbonyl (C=O) groups excluding carboxylic acids is 5. The third-order valence-electron chi connectivity index (χ3n) is 14.1. The molecule has 15 nitrogen and oxygen atoms in total. The van der Waals surface area contributed by atoms with Gasteiger partial charge in [-0.1, -0.05) is 95.0 Å². The van der Waals surface area contributed by atoms with Gasteiger partial charge in [0, 0.05) is 0 Å². The van der Waals surface area contributed by atoms with Gasteiger partial charge in [-0.05, 0) is 98.8 Å². The third kappa shape index (κ3) is 13.6. The van der Waals surface area contributed by atoms with Gasteiger partial charge in [-0.15, -0.1) is 22.0 Å². The number of thiophene rings is 1. The molecule has 0 spiro atoms. The monoisotopic (exact) mass is 861 g/mol. The van der Waals surface area contributed by atoms with Crippen molar-refractivity contribution in [3.63, 3.8) is 0 Å². The molecule has 5 amide bonds. The van der Waals surface area contributed by atoms with Crippen LogP contribution in [0.5, 0.6) is 0 Å². The van der Waals surface area contributed by atoms with Crippen molar-refractivity contribution in [2.45, 2.75) is 165 Å². The number of hydrazine groups is 2. The maximum absolute atomic E-state index is 14.7. The summed E-state index contributed by atoms with van der Waals surface area (Å²) in [6, 6.07) is -0.244. The van der Waals surface area contributed by atoms with Crippen LogP contribution in [0.3, 0.4) is 0 Å². The molecular weight excluding hydrogens is 795 g/mol. The van der Waals surface area contributed by atoms with Gasteiger partial charge in [0.05, 0.1) is 17.5 Å². The van der Waals surface area contributed by atoms with E-state index in [1.54, 1.807) is 0 Å². The van der Waals surface area contributed by atoms with Crippen LogP contribution in [0.25, 0.3) is 0 Å². The molecule has 6 fully saturated rings. The summed E-state index contributed by atoms with van der Waals surface area (Å²) in [6.07, 6.45) is 19.8. The Bertz CT molecular complexity index is 1720. The van der Waals surface area contributed by atoms with Crippen LogP contribution in [0, 0.1) is 41.4 Å². The van der Waals surface area contributed by atoms with E-state index in [0.717, 1.165) is 81.4 Å². The smallest absolute Gasteiger partial charge is 0.255 e. The fourth-order valence-corrected chi connectivity index (χ4v) is 11.2. The first-order valence-electron chi connectivity index (χ1n) is 23.2. The van der Waals surface area contributed by atoms with Gasteiger partial charge < -0.3 is 31.3 Å². The van der Waals surface area contributed by atoms with E-state index in [2.05, 4.69) is 60.0 Å². The van der Waals surface area contributed by atoms with Crippen molar-refractivity contribution >= 4 is 46.7 Å². The largest absolute Gasteiger partial charge is 0.368 e. The molecule has 4 heterocycles. The Morgan fingerprint density at radius 3 is 2.08 bits per heavy atom. The number of rotatable bonds is 8. The van der Waals surface area contributed by atoms with Crippen molar-refractivity contribution < 1.29 is 28.7 Å². The summed E-state index contributed by atoms with van der Waals surface area (Å²) >= 11 is 1.44. The summed E-state index contributed by atoms with van der Waals surface area (Å²) in [6.45, 7) is -0.113. The number of nitrogens with zero attached hydrogens (tertiary/aromatic N) is 1. The summed E-state index contributed by atoms with van der Waals surface area (Å²) < 4.78 is 6.07. The molecule has 8 N–H and O–H groups in total. The maximum atomic E-state index is 14.7. The van der Waals surface area contributed by atoms with Gasteiger partial charge in [-0.25, -0.2) is 5.53 Å². The third-order valence-corrected chi connectivity index (χ3v) is 14.9. The second kappa shape index (κ2) is 22.8. The van der Waals surface area contributed by atoms with Gasteiger partial charge in [0.15, 0.2) is 11.9 Å². The van der Waals surface area contributed by atoms with E-state index in [-0.39, 0.29) is 42.9 Å². The lowest BCUT2D eigenvalue weighted by atomic mass is 9.70. The quantitative estimate of drug-likeness (QED) is 0.141. The Hall–Kier alpha value is -4.20. The van der Waals surface area contributed by atoms with Crippen molar-refractivity contribution in [3.05, 3.63) is 22.4 Å². The van der Waals surface area contributed by atoms with Crippen LogP contribution in [-0.2, 0) is 28.7 Å². The van der Waals surface area contributed by atoms with Crippen LogP contribution < -0.4 is 43.1 Å². The lowest BCUT2D eigenvalue weighted by Crippen LogP contribution is -2.59. The minimum Gasteiger partial charge on any atom is -0.368 e. The van der Waals surface area contributed by atoms with Gasteiger partial charge in [-0.2, -0.15) is 0 Å². The summed E-state index contributed by atoms with van der Waals surface area (Å²) in [5.41, 5.74) is 8.09. The fourth-order valence-electron chi connectivity index (χ4n) is 10.6. The van der Waals surface area contributed by atoms with Crippen molar-refractivity contribution in [1.82, 2.24) is 43.1 Å². The number of amidine groups is 1. The lowest BCUT2D eigenvalue weighted by molar-refractivity contribution is -0.135. The minimum absolute atomic E-state index is 0.124. The van der Waals surface area contributed by atoms with E-state index >= 15 is 0 Å². The molecular formula is C45H67N9O6S. The molecule has 16 heteroatoms. The van der Waals surface area contributed by atoms with Crippen LogP contribution in [0.1, 0.15) is 140 Å². The highest BCUT2D eigenvalue weighted by molar-refractivity contribution is 7.10. The number of nitrogens with one attached hydrogen (secondary N) is 8. The predicted molar refractivity (Wildman–Crippen MR) is 233 cm³/mol. The molecule has 7 aliphatic rings. The highest BCUT2D eigenvalue weighted by Crippen LogP contribution is 2.41. The SMILES string of the molecule is O=C1COC2CCC(CC2)CC(C(=O)NCC2=NNNN2)NC(=O)C(CC2CCCCC2)NC(=O)C(CC2CCC(C3CCCCC3)CC2)NC(=O)C(C#Cc2cccs2)N1. The van der Waals surface area contributed by atoms with E-state index in [1.165, 1.54) is 43.4 Å². The van der Waals surface area contributed by atoms with Crippen molar-refractivity contribution in [1.29, 1.82) is 0 Å². The second-order valence-electron chi connectivity index (χ2n) is 18.4. The molecule has 1 aromatic heterocycles. The van der Waals surface area contributed by atoms with Crippen LogP contribution in [0.2, 0.25) is 0 Å². The van der Waals surface area contributed by atoms with Gasteiger partial charge in [0.1, 0.15) is 24.7 Å². The average Bonchev–Trinajstić information content (AvgIpc) is 4.02. The lowest BCUT2D eigenvalue weighted by Gasteiger charge is -2.37. The molecule has 4 atom stereocenters. The van der Waals surface area contributed by atoms with E-state index in [9.17, 15) is 24.0 Å². The molecule has 3 aliphatic heterocycles. The van der Waals surface area contributed by atoms with Crippen LogP contribution in [0.4, 0.5) is 0 Å². The number of amides is 5. The van der Waals surface area contributed by atoms with E-state index in [0.29, 0.717) is 43.9 Å². The average molecular weight is 862 g/mol. The highest BCUT2D eigenvalue weighted by atomic mass is 32.1. The second-order valence-corrected chi connectivity index (χ2v) is 19.4. The summed E-state index contributed by atoms with van der Waals surface area (Å²) in [7, 11) is 0. The molecule has 61 heavy (non-hydrogen) atoms. The van der Waals surface area contributed by atoms with Crippen LogP contribution in [-0.4, -0.2) is 78.8 Å². The number of ether oxygens (including phenoxy) is 1. The van der Waals surface area contributed by atoms with Crippen LogP contribution in [0.15, 0.2) is 22.6 Å². The highest BCUT2D eigenvalue weighted by Gasteiger charge is 2.37. The zero-order chi connectivity index (χ0) is 42.4. The first kappa shape index (κ1) is 44.8. The first-order valence-corrected chi connectivity index (χ1v) is 24.1. The van der Waals surface area contributed by atoms with E-state index in [4.69, 9.17) is 4.74 Å². The molecule has 0 aromatic carbocycles. The van der Waals surface area contributed by atoms with Crippen molar-refractivity contribution in [2.75, 3.05) is 13.2 Å². The number of hydrazone groups is 1. The van der Waals surface area contributed by atoms with Gasteiger partial charge in [-0.3, -0.25) is 29.4 Å². The first-order chi connectivity index (χ1) is 29.8. The van der Waals surface area contributed by atoms with E-state index < -0.39 is 47.8 Å². The zero-order valence-corrected chi connectivity index (χ0v) is 36.4. The van der Waals surface area contributed by atoms with Gasteiger partial charge >= 0.3 is 0 Å². The topological polar surface area (TPSA) is 203 Å². The number of hydrogen-bond donors (Lipinski definition) is 8. The Kier molecular flexibility index (Phi) is 16.7. The Morgan fingerprint density at radius 2 is 1.41 bits per heavy atom. The Labute approximate surface area is 364 Å². The normalized spacial score (nSPS) is 31.5. The maximum Gasteiger partial charge on any atom is 0.255 e. The number of fused-ring (bicyclic) bond motifs is 16. The summed E-state index contributed by atoms with van der Waals surface area (Å²) in [4.78, 5) is 71.6. The molecule has 8 rings (SSSR count). The summed E-state index contributed by atoms with van der Waals surface area (Å²) in [5.74, 6) is 6.31. The fraction of sp³-hybridized carbons (Fsp3) is 0.733. The molecule has 4 unspecified atom stereocenters. The minimum atomic E-state index is -1.23. The summed E-state index contributed by atoms with van der Waals surface area (Å²) in [5, 5.41) is 20.9. The van der Waals surface area contributed by atoms with Crippen molar-refractivity contribution in [2.24, 2.45) is 34.7 Å². The Morgan fingerprint density at radius 1 is 0.754 bits per heavy atom. The van der Waals surface area contributed by atoms with Crippen LogP contribution >= 0.6 is 11.3 Å². The van der Waals surface area contributed by atoms with Gasteiger partial charge in [0.25, 0.3) is 5.91 Å². The predicted octanol–water partition coefficient (Wildman–Crippen LogP) is 3.81. The number of carbonyl (C=O) groups is 5. The Balaban J connectivity index is 1.14. The van der Waals surface area contributed by atoms with Crippen molar-refractivity contribution in [3.8, 4) is 11.8 Å². The van der Waals surface area contributed by atoms with Gasteiger partial charge in [0.2, 0.25) is 23.6 Å². The molecule has 4 aliphatic carbocycles. The molecule has 1 aromatic rings. The molecule has 2 bridgehead atoms.